The third kappa shape index (κ3) is 3.37. The molecule has 1 heterocycles. The van der Waals surface area contributed by atoms with E-state index in [0.717, 1.165) is 7.05 Å². The van der Waals surface area contributed by atoms with Crippen LogP contribution in [0.1, 0.15) is 17.4 Å². The molecule has 0 aliphatic heterocycles. The SMILES string of the molecule is C[C@@H](NS(=O)(=O)c1c(F)c(C(=O)O)n(C)c1Br)C(F)(F)F. The fourth-order valence-corrected chi connectivity index (χ4v) is 3.82. The van der Waals surface area contributed by atoms with E-state index in [0.29, 0.717) is 11.5 Å². The average molecular weight is 397 g/mol. The Hall–Kier alpha value is -1.14. The van der Waals surface area contributed by atoms with Crippen molar-refractivity contribution in [1.82, 2.24) is 9.29 Å². The smallest absolute Gasteiger partial charge is 0.404 e. The molecule has 0 saturated heterocycles. The summed E-state index contributed by atoms with van der Waals surface area (Å²) in [6.07, 6.45) is -4.87. The Morgan fingerprint density at radius 1 is 1.43 bits per heavy atom. The largest absolute Gasteiger partial charge is 0.476 e. The number of sulfonamides is 1. The maximum absolute atomic E-state index is 13.9. The first-order valence-electron chi connectivity index (χ1n) is 5.16. The summed E-state index contributed by atoms with van der Waals surface area (Å²) in [6.45, 7) is 0.532. The molecule has 12 heteroatoms. The van der Waals surface area contributed by atoms with E-state index in [1.54, 1.807) is 0 Å². The van der Waals surface area contributed by atoms with E-state index in [9.17, 15) is 30.8 Å². The zero-order valence-corrected chi connectivity index (χ0v) is 12.9. The van der Waals surface area contributed by atoms with Gasteiger partial charge in [0.1, 0.15) is 10.6 Å². The molecule has 120 valence electrons. The first kappa shape index (κ1) is 17.9. The molecule has 0 unspecified atom stereocenters. The Morgan fingerprint density at radius 2 is 1.90 bits per heavy atom. The van der Waals surface area contributed by atoms with Crippen LogP contribution in [0.25, 0.3) is 0 Å². The maximum atomic E-state index is 13.9. The van der Waals surface area contributed by atoms with E-state index in [-0.39, 0.29) is 0 Å². The van der Waals surface area contributed by atoms with Crippen molar-refractivity contribution in [2.24, 2.45) is 7.05 Å². The topological polar surface area (TPSA) is 88.4 Å². The van der Waals surface area contributed by atoms with Gasteiger partial charge in [-0.15, -0.1) is 0 Å². The third-order valence-corrected chi connectivity index (χ3v) is 5.28. The minimum Gasteiger partial charge on any atom is -0.476 e. The Balaban J connectivity index is 3.41. The lowest BCUT2D eigenvalue weighted by Crippen LogP contribution is -2.43. The molecule has 0 spiro atoms. The summed E-state index contributed by atoms with van der Waals surface area (Å²) in [7, 11) is -3.87. The van der Waals surface area contributed by atoms with Gasteiger partial charge < -0.3 is 9.67 Å². The zero-order valence-electron chi connectivity index (χ0n) is 10.5. The van der Waals surface area contributed by atoms with Crippen LogP contribution in [0.2, 0.25) is 0 Å². The van der Waals surface area contributed by atoms with Crippen molar-refractivity contribution in [3.63, 3.8) is 0 Å². The summed E-state index contributed by atoms with van der Waals surface area (Å²) < 4.78 is 76.1. The van der Waals surface area contributed by atoms with Crippen molar-refractivity contribution >= 4 is 31.9 Å². The summed E-state index contributed by atoms with van der Waals surface area (Å²) in [5.41, 5.74) is -0.998. The van der Waals surface area contributed by atoms with Crippen molar-refractivity contribution in [2.45, 2.75) is 24.0 Å². The van der Waals surface area contributed by atoms with Gasteiger partial charge >= 0.3 is 12.1 Å². The zero-order chi connectivity index (χ0) is 16.7. The maximum Gasteiger partial charge on any atom is 0.404 e. The Labute approximate surface area is 124 Å². The van der Waals surface area contributed by atoms with Crippen molar-refractivity contribution in [3.05, 3.63) is 16.1 Å². The molecule has 1 aromatic rings. The van der Waals surface area contributed by atoms with Gasteiger partial charge in [0.2, 0.25) is 10.0 Å². The van der Waals surface area contributed by atoms with Crippen LogP contribution in [-0.2, 0) is 17.1 Å². The third-order valence-electron chi connectivity index (χ3n) is 2.52. The summed E-state index contributed by atoms with van der Waals surface area (Å²) in [4.78, 5) is 9.64. The summed E-state index contributed by atoms with van der Waals surface area (Å²) in [5, 5.41) is 8.78. The summed E-state index contributed by atoms with van der Waals surface area (Å²) >= 11 is 2.66. The number of carbonyl (C=O) groups is 1. The number of hydrogen-bond donors (Lipinski definition) is 2. The predicted octanol–water partition coefficient (Wildman–Crippen LogP) is 1.85. The van der Waals surface area contributed by atoms with E-state index < -0.39 is 49.2 Å². The second-order valence-corrected chi connectivity index (χ2v) is 6.43. The van der Waals surface area contributed by atoms with Gasteiger partial charge in [-0.05, 0) is 22.9 Å². The quantitative estimate of drug-likeness (QED) is 0.760. The molecular weight excluding hydrogens is 388 g/mol. The summed E-state index contributed by atoms with van der Waals surface area (Å²) in [5.74, 6) is -3.42. The van der Waals surface area contributed by atoms with Crippen LogP contribution in [0.3, 0.4) is 0 Å². The van der Waals surface area contributed by atoms with Crippen LogP contribution >= 0.6 is 15.9 Å². The molecule has 21 heavy (non-hydrogen) atoms. The Kier molecular flexibility index (Phi) is 4.75. The molecule has 0 amide bonds. The molecule has 0 fully saturated rings. The van der Waals surface area contributed by atoms with E-state index in [2.05, 4.69) is 15.9 Å². The number of hydrogen-bond acceptors (Lipinski definition) is 3. The molecule has 2 N–H and O–H groups in total. The second kappa shape index (κ2) is 5.57. The highest BCUT2D eigenvalue weighted by molar-refractivity contribution is 9.10. The monoisotopic (exact) mass is 396 g/mol. The molecule has 0 radical (unpaired) electrons. The van der Waals surface area contributed by atoms with Gasteiger partial charge in [0, 0.05) is 7.05 Å². The highest BCUT2D eigenvalue weighted by Gasteiger charge is 2.41. The van der Waals surface area contributed by atoms with Crippen LogP contribution in [0.15, 0.2) is 9.50 Å². The number of carboxylic acids is 1. The van der Waals surface area contributed by atoms with Crippen molar-refractivity contribution in [3.8, 4) is 0 Å². The minimum absolute atomic E-state index is 0.515. The Bertz CT molecular complexity index is 683. The summed E-state index contributed by atoms with van der Waals surface area (Å²) in [6, 6.07) is -2.47. The van der Waals surface area contributed by atoms with Gasteiger partial charge in [0.05, 0.1) is 0 Å². The molecule has 1 aromatic heterocycles. The number of nitrogens with zero attached hydrogens (tertiary/aromatic N) is 1. The molecule has 1 rings (SSSR count). The number of aromatic carboxylic acids is 1. The molecule has 0 aliphatic carbocycles. The van der Waals surface area contributed by atoms with Crippen molar-refractivity contribution in [1.29, 1.82) is 0 Å². The molecular formula is C9H9BrF4N2O4S. The van der Waals surface area contributed by atoms with Gasteiger partial charge in [0.25, 0.3) is 0 Å². The number of rotatable bonds is 4. The first-order chi connectivity index (χ1) is 9.30. The predicted molar refractivity (Wildman–Crippen MR) is 65.9 cm³/mol. The van der Waals surface area contributed by atoms with Gasteiger partial charge in [-0.1, -0.05) is 0 Å². The molecule has 0 aromatic carbocycles. The molecule has 0 aliphatic rings. The average Bonchev–Trinajstić information content (AvgIpc) is 2.47. The van der Waals surface area contributed by atoms with Crippen LogP contribution in [0.4, 0.5) is 17.6 Å². The second-order valence-electron chi connectivity index (χ2n) is 4.03. The lowest BCUT2D eigenvalue weighted by Gasteiger charge is -2.17. The molecule has 1 atom stereocenters. The highest BCUT2D eigenvalue weighted by Crippen LogP contribution is 2.31. The van der Waals surface area contributed by atoms with Crippen molar-refractivity contribution in [2.75, 3.05) is 0 Å². The van der Waals surface area contributed by atoms with E-state index in [1.165, 1.54) is 4.72 Å². The van der Waals surface area contributed by atoms with Gasteiger partial charge in [0.15, 0.2) is 16.4 Å². The molecule has 0 saturated carbocycles. The highest BCUT2D eigenvalue weighted by atomic mass is 79.9. The van der Waals surface area contributed by atoms with Gasteiger partial charge in [-0.25, -0.2) is 17.6 Å². The standard InChI is InChI=1S/C9H9BrF4N2O4S/c1-3(9(12,13)14)15-21(19,20)6-4(11)5(8(17)18)16(2)7(6)10/h3,15H,1-2H3,(H,17,18)/t3-/m1/s1. The van der Waals surface area contributed by atoms with Crippen LogP contribution in [-0.4, -0.2) is 36.3 Å². The number of halogens is 5. The van der Waals surface area contributed by atoms with Crippen LogP contribution < -0.4 is 4.72 Å². The number of alkyl halides is 3. The minimum atomic E-state index is -4.92. The van der Waals surface area contributed by atoms with Gasteiger partial charge in [-0.2, -0.15) is 17.9 Å². The fourth-order valence-electron chi connectivity index (χ4n) is 1.42. The number of aromatic nitrogens is 1. The number of carboxylic acid groups (broad SMARTS) is 1. The van der Waals surface area contributed by atoms with Crippen LogP contribution in [0, 0.1) is 5.82 Å². The van der Waals surface area contributed by atoms with Crippen LogP contribution in [0.5, 0.6) is 0 Å². The normalized spacial score (nSPS) is 14.2. The lowest BCUT2D eigenvalue weighted by atomic mass is 10.4. The number of nitrogens with one attached hydrogen (secondary N) is 1. The molecule has 0 bridgehead atoms. The Morgan fingerprint density at radius 3 is 2.24 bits per heavy atom. The van der Waals surface area contributed by atoms with E-state index in [1.807, 2.05) is 0 Å². The van der Waals surface area contributed by atoms with Crippen molar-refractivity contribution < 1.29 is 35.9 Å². The van der Waals surface area contributed by atoms with E-state index in [4.69, 9.17) is 5.11 Å². The van der Waals surface area contributed by atoms with E-state index >= 15 is 0 Å². The fraction of sp³-hybridized carbons (Fsp3) is 0.444. The first-order valence-corrected chi connectivity index (χ1v) is 7.44. The molecule has 6 nitrogen and oxygen atoms in total. The van der Waals surface area contributed by atoms with Gasteiger partial charge in [-0.3, -0.25) is 0 Å². The lowest BCUT2D eigenvalue weighted by molar-refractivity contribution is -0.147.